The Morgan fingerprint density at radius 2 is 1.26 bits per heavy atom. The first-order chi connectivity index (χ1) is 8.43. The third-order valence-corrected chi connectivity index (χ3v) is 3.31. The molecule has 0 bridgehead atoms. The molecule has 0 aliphatic heterocycles. The summed E-state index contributed by atoms with van der Waals surface area (Å²) in [4.78, 5) is 1.78. The molecule has 0 saturated carbocycles. The molecule has 0 unspecified atom stereocenters. The maximum absolute atomic E-state index is 9.57. The SMILES string of the molecule is CC(C)(CO)NC(=S)N(C(C)(C)CO)C(C)(C)CO. The van der Waals surface area contributed by atoms with Gasteiger partial charge in [-0.05, 0) is 53.8 Å². The number of thiocarbonyl (C=S) groups is 1. The molecule has 0 atom stereocenters. The Bertz CT molecular complexity index is 301. The molecule has 0 aromatic rings. The van der Waals surface area contributed by atoms with Crippen molar-refractivity contribution < 1.29 is 15.3 Å². The summed E-state index contributed by atoms with van der Waals surface area (Å²) in [5, 5.41) is 31.9. The van der Waals surface area contributed by atoms with E-state index in [0.717, 1.165) is 0 Å². The van der Waals surface area contributed by atoms with E-state index in [4.69, 9.17) is 12.2 Å². The summed E-state index contributed by atoms with van der Waals surface area (Å²) in [5.41, 5.74) is -1.81. The van der Waals surface area contributed by atoms with Crippen LogP contribution in [0, 0.1) is 0 Å². The fourth-order valence-electron chi connectivity index (χ4n) is 1.90. The van der Waals surface area contributed by atoms with Crippen LogP contribution in [0.15, 0.2) is 0 Å². The molecule has 0 rings (SSSR count). The van der Waals surface area contributed by atoms with E-state index in [2.05, 4.69) is 5.32 Å². The second-order valence-electron chi connectivity index (χ2n) is 6.75. The topological polar surface area (TPSA) is 76.0 Å². The monoisotopic (exact) mass is 292 g/mol. The summed E-state index contributed by atoms with van der Waals surface area (Å²) in [6.45, 7) is 10.8. The minimum Gasteiger partial charge on any atom is -0.394 e. The highest BCUT2D eigenvalue weighted by Gasteiger charge is 2.40. The van der Waals surface area contributed by atoms with Gasteiger partial charge in [0, 0.05) is 0 Å². The first-order valence-electron chi connectivity index (χ1n) is 6.38. The molecule has 0 amide bonds. The second-order valence-corrected chi connectivity index (χ2v) is 7.14. The summed E-state index contributed by atoms with van der Waals surface area (Å²) in [5.74, 6) is 0. The van der Waals surface area contributed by atoms with E-state index in [1.54, 1.807) is 4.90 Å². The van der Waals surface area contributed by atoms with Gasteiger partial charge >= 0.3 is 0 Å². The molecule has 6 heteroatoms. The maximum atomic E-state index is 9.57. The molecule has 114 valence electrons. The molecule has 0 aliphatic carbocycles. The predicted molar refractivity (Wildman–Crippen MR) is 81.1 cm³/mol. The normalized spacial score (nSPS) is 13.3. The van der Waals surface area contributed by atoms with Crippen LogP contribution in [0.3, 0.4) is 0 Å². The van der Waals surface area contributed by atoms with Gasteiger partial charge in [0.1, 0.15) is 0 Å². The van der Waals surface area contributed by atoms with Crippen molar-refractivity contribution in [2.24, 2.45) is 0 Å². The number of nitrogens with one attached hydrogen (secondary N) is 1. The lowest BCUT2D eigenvalue weighted by Crippen LogP contribution is -2.66. The Labute approximate surface area is 121 Å². The van der Waals surface area contributed by atoms with Crippen LogP contribution in [0.2, 0.25) is 0 Å². The zero-order valence-electron chi connectivity index (χ0n) is 12.8. The Morgan fingerprint density at radius 3 is 1.53 bits per heavy atom. The highest BCUT2D eigenvalue weighted by atomic mass is 32.1. The van der Waals surface area contributed by atoms with Crippen molar-refractivity contribution >= 4 is 17.3 Å². The van der Waals surface area contributed by atoms with E-state index < -0.39 is 16.6 Å². The van der Waals surface area contributed by atoms with E-state index in [-0.39, 0.29) is 19.8 Å². The number of hydrogen-bond donors (Lipinski definition) is 4. The van der Waals surface area contributed by atoms with Gasteiger partial charge in [-0.2, -0.15) is 0 Å². The Hall–Kier alpha value is -0.430. The van der Waals surface area contributed by atoms with Gasteiger partial charge in [-0.3, -0.25) is 0 Å². The van der Waals surface area contributed by atoms with Crippen LogP contribution in [0.1, 0.15) is 41.5 Å². The molecule has 0 aromatic heterocycles. The van der Waals surface area contributed by atoms with Crippen LogP contribution in [-0.4, -0.2) is 61.8 Å². The maximum Gasteiger partial charge on any atom is 0.170 e. The lowest BCUT2D eigenvalue weighted by molar-refractivity contribution is 0.0115. The summed E-state index contributed by atoms with van der Waals surface area (Å²) in [6, 6.07) is 0. The Balaban J connectivity index is 5.34. The Morgan fingerprint density at radius 1 is 0.895 bits per heavy atom. The van der Waals surface area contributed by atoms with Crippen molar-refractivity contribution in [1.29, 1.82) is 0 Å². The van der Waals surface area contributed by atoms with Crippen molar-refractivity contribution in [2.45, 2.75) is 58.2 Å². The van der Waals surface area contributed by atoms with E-state index in [9.17, 15) is 15.3 Å². The van der Waals surface area contributed by atoms with Crippen molar-refractivity contribution in [3.8, 4) is 0 Å². The van der Waals surface area contributed by atoms with Crippen LogP contribution in [0.4, 0.5) is 0 Å². The van der Waals surface area contributed by atoms with Gasteiger partial charge in [-0.1, -0.05) is 0 Å². The highest BCUT2D eigenvalue weighted by Crippen LogP contribution is 2.26. The molecular weight excluding hydrogens is 264 g/mol. The van der Waals surface area contributed by atoms with Crippen LogP contribution in [0.25, 0.3) is 0 Å². The zero-order chi connectivity index (χ0) is 15.5. The first-order valence-corrected chi connectivity index (χ1v) is 6.79. The van der Waals surface area contributed by atoms with E-state index in [1.807, 2.05) is 41.5 Å². The predicted octanol–water partition coefficient (Wildman–Crippen LogP) is 0.476. The molecule has 0 aliphatic rings. The van der Waals surface area contributed by atoms with Crippen LogP contribution < -0.4 is 5.32 Å². The minimum absolute atomic E-state index is 0.0694. The smallest absolute Gasteiger partial charge is 0.170 e. The minimum atomic E-state index is -0.623. The molecule has 0 spiro atoms. The third-order valence-electron chi connectivity index (χ3n) is 3.03. The molecule has 0 heterocycles. The van der Waals surface area contributed by atoms with Gasteiger partial charge in [0.2, 0.25) is 0 Å². The van der Waals surface area contributed by atoms with Gasteiger partial charge in [0.05, 0.1) is 36.4 Å². The van der Waals surface area contributed by atoms with Crippen molar-refractivity contribution in [1.82, 2.24) is 10.2 Å². The van der Waals surface area contributed by atoms with Crippen molar-refractivity contribution in [3.05, 3.63) is 0 Å². The van der Waals surface area contributed by atoms with Crippen LogP contribution in [0.5, 0.6) is 0 Å². The molecule has 0 aromatic carbocycles. The summed E-state index contributed by atoms with van der Waals surface area (Å²) in [7, 11) is 0. The quantitative estimate of drug-likeness (QED) is 0.534. The van der Waals surface area contributed by atoms with Gasteiger partial charge in [0.25, 0.3) is 0 Å². The molecule has 5 nitrogen and oxygen atoms in total. The Kier molecular flexibility index (Phi) is 6.20. The standard InChI is InChI=1S/C13H28N2O3S/c1-11(2,7-16)14-10(19)15(12(3,4)8-17)13(5,6)9-18/h16-18H,7-9H2,1-6H3,(H,14,19). The van der Waals surface area contributed by atoms with E-state index in [0.29, 0.717) is 5.11 Å². The van der Waals surface area contributed by atoms with Gasteiger partial charge in [-0.15, -0.1) is 0 Å². The summed E-state index contributed by atoms with van der Waals surface area (Å²) < 4.78 is 0. The third kappa shape index (κ3) is 4.87. The molecular formula is C13H28N2O3S. The average Bonchev–Trinajstić information content (AvgIpc) is 2.27. The van der Waals surface area contributed by atoms with Gasteiger partial charge in [-0.25, -0.2) is 0 Å². The van der Waals surface area contributed by atoms with Crippen LogP contribution >= 0.6 is 12.2 Å². The molecule has 0 saturated heterocycles. The zero-order valence-corrected chi connectivity index (χ0v) is 13.6. The fourth-order valence-corrected chi connectivity index (χ4v) is 2.67. The van der Waals surface area contributed by atoms with Gasteiger partial charge in [0.15, 0.2) is 5.11 Å². The largest absolute Gasteiger partial charge is 0.394 e. The summed E-state index contributed by atoms with van der Waals surface area (Å²) >= 11 is 5.40. The lowest BCUT2D eigenvalue weighted by Gasteiger charge is -2.50. The summed E-state index contributed by atoms with van der Waals surface area (Å²) in [6.07, 6.45) is 0. The first kappa shape index (κ1) is 18.6. The van der Waals surface area contributed by atoms with Crippen molar-refractivity contribution in [3.63, 3.8) is 0 Å². The number of hydrogen-bond acceptors (Lipinski definition) is 4. The highest BCUT2D eigenvalue weighted by molar-refractivity contribution is 7.80. The lowest BCUT2D eigenvalue weighted by atomic mass is 9.94. The molecule has 0 radical (unpaired) electrons. The number of nitrogens with zero attached hydrogens (tertiary/aromatic N) is 1. The number of aliphatic hydroxyl groups excluding tert-OH is 3. The van der Waals surface area contributed by atoms with Gasteiger partial charge < -0.3 is 25.5 Å². The number of rotatable bonds is 6. The number of aliphatic hydroxyl groups is 3. The second kappa shape index (κ2) is 6.35. The van der Waals surface area contributed by atoms with E-state index in [1.165, 1.54) is 0 Å². The van der Waals surface area contributed by atoms with Crippen molar-refractivity contribution in [2.75, 3.05) is 19.8 Å². The molecule has 4 N–H and O–H groups in total. The van der Waals surface area contributed by atoms with E-state index >= 15 is 0 Å². The molecule has 0 fully saturated rings. The molecule has 19 heavy (non-hydrogen) atoms. The van der Waals surface area contributed by atoms with Crippen LogP contribution in [-0.2, 0) is 0 Å². The fraction of sp³-hybridized carbons (Fsp3) is 0.923. The average molecular weight is 292 g/mol.